The molecule has 0 aliphatic rings. The van der Waals surface area contributed by atoms with Crippen LogP contribution in [0.3, 0.4) is 0 Å². The molecule has 1 amide bonds. The fraction of sp³-hybridized carbons (Fsp3) is 0.353. The van der Waals surface area contributed by atoms with E-state index in [1.165, 1.54) is 0 Å². The van der Waals surface area contributed by atoms with Crippen LogP contribution >= 0.6 is 35.6 Å². The Morgan fingerprint density at radius 1 is 1.19 bits per heavy atom. The van der Waals surface area contributed by atoms with Crippen LogP contribution < -0.4 is 16.0 Å². The van der Waals surface area contributed by atoms with Gasteiger partial charge < -0.3 is 20.4 Å². The van der Waals surface area contributed by atoms with Gasteiger partial charge in [-0.15, -0.1) is 24.0 Å². The molecule has 0 aliphatic carbocycles. The van der Waals surface area contributed by atoms with E-state index in [1.54, 1.807) is 31.3 Å². The number of nitrogens with one attached hydrogen (secondary N) is 3. The summed E-state index contributed by atoms with van der Waals surface area (Å²) in [5, 5.41) is 9.44. The molecular formula is C17H23ClIN5O2. The van der Waals surface area contributed by atoms with Crippen molar-refractivity contribution >= 4 is 47.4 Å². The predicted octanol–water partition coefficient (Wildman–Crippen LogP) is 2.66. The van der Waals surface area contributed by atoms with Crippen molar-refractivity contribution in [3.05, 3.63) is 52.2 Å². The van der Waals surface area contributed by atoms with Gasteiger partial charge in [-0.25, -0.2) is 4.98 Å². The second kappa shape index (κ2) is 11.0. The lowest BCUT2D eigenvalue weighted by molar-refractivity contribution is 0.0954. The summed E-state index contributed by atoms with van der Waals surface area (Å²) in [6.45, 7) is 5.15. The van der Waals surface area contributed by atoms with E-state index in [1.807, 2.05) is 13.8 Å². The quantitative estimate of drug-likeness (QED) is 0.250. The molecule has 142 valence electrons. The van der Waals surface area contributed by atoms with Gasteiger partial charge in [-0.1, -0.05) is 23.7 Å². The monoisotopic (exact) mass is 491 g/mol. The molecule has 0 radical (unpaired) electrons. The highest BCUT2D eigenvalue weighted by Crippen LogP contribution is 2.14. The van der Waals surface area contributed by atoms with Crippen LogP contribution in [-0.2, 0) is 6.54 Å². The highest BCUT2D eigenvalue weighted by Gasteiger charge is 2.09. The molecule has 3 N–H and O–H groups in total. The number of nitrogens with zero attached hydrogens (tertiary/aromatic N) is 2. The molecule has 26 heavy (non-hydrogen) atoms. The minimum atomic E-state index is -0.207. The second-order valence-corrected chi connectivity index (χ2v) is 5.74. The normalized spacial score (nSPS) is 10.8. The van der Waals surface area contributed by atoms with Crippen LogP contribution in [0.15, 0.2) is 33.7 Å². The summed E-state index contributed by atoms with van der Waals surface area (Å²) >= 11 is 6.00. The van der Waals surface area contributed by atoms with Gasteiger partial charge in [0, 0.05) is 20.1 Å². The zero-order valence-corrected chi connectivity index (χ0v) is 18.0. The summed E-state index contributed by atoms with van der Waals surface area (Å²) in [6.07, 6.45) is 0. The first kappa shape index (κ1) is 22.2. The van der Waals surface area contributed by atoms with E-state index in [0.29, 0.717) is 42.1 Å². The molecular weight excluding hydrogens is 469 g/mol. The lowest BCUT2D eigenvalue weighted by Gasteiger charge is -2.11. The third-order valence-corrected chi connectivity index (χ3v) is 3.85. The Morgan fingerprint density at radius 2 is 1.88 bits per heavy atom. The standard InChI is InChI=1S/C17H22ClN5O2.HI/c1-11-12(2)25-15(23-11)10-22-17(19-3)21-9-8-20-16(24)13-6-4-5-7-14(13)18;/h4-7H,8-10H2,1-3H3,(H,20,24)(H2,19,21,22);1H. The molecule has 0 fully saturated rings. The van der Waals surface area contributed by atoms with Gasteiger partial charge in [-0.05, 0) is 26.0 Å². The fourth-order valence-electron chi connectivity index (χ4n) is 2.09. The number of oxazole rings is 1. The van der Waals surface area contributed by atoms with E-state index in [-0.39, 0.29) is 29.9 Å². The average Bonchev–Trinajstić information content (AvgIpc) is 2.92. The number of halogens is 2. The number of aryl methyl sites for hydroxylation is 2. The number of guanidine groups is 1. The average molecular weight is 492 g/mol. The Bertz CT molecular complexity index is 744. The first-order chi connectivity index (χ1) is 12.0. The van der Waals surface area contributed by atoms with Gasteiger partial charge in [0.05, 0.1) is 22.8 Å². The van der Waals surface area contributed by atoms with Crippen LogP contribution in [0.2, 0.25) is 5.02 Å². The van der Waals surface area contributed by atoms with Crippen molar-refractivity contribution in [3.63, 3.8) is 0 Å². The SMILES string of the molecule is CN=C(NCCNC(=O)c1ccccc1Cl)NCc1nc(C)c(C)o1.I. The van der Waals surface area contributed by atoms with Gasteiger partial charge >= 0.3 is 0 Å². The number of benzene rings is 1. The molecule has 0 atom stereocenters. The fourth-order valence-corrected chi connectivity index (χ4v) is 2.31. The highest BCUT2D eigenvalue weighted by atomic mass is 127. The third-order valence-electron chi connectivity index (χ3n) is 3.52. The lowest BCUT2D eigenvalue weighted by Crippen LogP contribution is -2.41. The Hall–Kier alpha value is -1.81. The van der Waals surface area contributed by atoms with E-state index < -0.39 is 0 Å². The minimum Gasteiger partial charge on any atom is -0.444 e. The van der Waals surface area contributed by atoms with Crippen molar-refractivity contribution in [1.82, 2.24) is 20.9 Å². The van der Waals surface area contributed by atoms with E-state index in [2.05, 4.69) is 25.9 Å². The largest absolute Gasteiger partial charge is 0.444 e. The van der Waals surface area contributed by atoms with Gasteiger partial charge in [-0.2, -0.15) is 0 Å². The van der Waals surface area contributed by atoms with E-state index in [0.717, 1.165) is 11.5 Å². The summed E-state index contributed by atoms with van der Waals surface area (Å²) in [4.78, 5) is 20.4. The van der Waals surface area contributed by atoms with Crippen molar-refractivity contribution in [3.8, 4) is 0 Å². The maximum Gasteiger partial charge on any atom is 0.252 e. The molecule has 1 heterocycles. The maximum absolute atomic E-state index is 12.0. The highest BCUT2D eigenvalue weighted by molar-refractivity contribution is 14.0. The van der Waals surface area contributed by atoms with Crippen LogP contribution in [0, 0.1) is 13.8 Å². The van der Waals surface area contributed by atoms with Gasteiger partial charge in [0.2, 0.25) is 5.89 Å². The van der Waals surface area contributed by atoms with Crippen LogP contribution in [-0.4, -0.2) is 37.0 Å². The molecule has 9 heteroatoms. The number of hydrogen-bond donors (Lipinski definition) is 3. The van der Waals surface area contributed by atoms with Crippen molar-refractivity contribution in [2.45, 2.75) is 20.4 Å². The number of carbonyl (C=O) groups is 1. The molecule has 0 saturated heterocycles. The molecule has 0 saturated carbocycles. The molecule has 1 aromatic carbocycles. The molecule has 0 spiro atoms. The first-order valence-corrected chi connectivity index (χ1v) is 8.29. The first-order valence-electron chi connectivity index (χ1n) is 7.91. The summed E-state index contributed by atoms with van der Waals surface area (Å²) in [5.41, 5.74) is 1.34. The third kappa shape index (κ3) is 6.49. The zero-order chi connectivity index (χ0) is 18.2. The number of hydrogen-bond acceptors (Lipinski definition) is 4. The molecule has 0 bridgehead atoms. The predicted molar refractivity (Wildman–Crippen MR) is 113 cm³/mol. The van der Waals surface area contributed by atoms with Crippen molar-refractivity contribution < 1.29 is 9.21 Å². The van der Waals surface area contributed by atoms with E-state index in [9.17, 15) is 4.79 Å². The molecule has 2 rings (SSSR count). The van der Waals surface area contributed by atoms with Gasteiger partial charge in [0.25, 0.3) is 5.91 Å². The lowest BCUT2D eigenvalue weighted by atomic mass is 10.2. The van der Waals surface area contributed by atoms with Gasteiger partial charge in [0.1, 0.15) is 5.76 Å². The number of carbonyl (C=O) groups excluding carboxylic acids is 1. The molecule has 2 aromatic rings. The smallest absolute Gasteiger partial charge is 0.252 e. The number of aliphatic imine (C=N–C) groups is 1. The summed E-state index contributed by atoms with van der Waals surface area (Å²) in [5.74, 6) is 1.80. The van der Waals surface area contributed by atoms with Crippen LogP contribution in [0.4, 0.5) is 0 Å². The van der Waals surface area contributed by atoms with Crippen molar-refractivity contribution in [2.24, 2.45) is 4.99 Å². The Labute approximate surface area is 175 Å². The van der Waals surface area contributed by atoms with Gasteiger partial charge in [0.15, 0.2) is 5.96 Å². The maximum atomic E-state index is 12.0. The van der Waals surface area contributed by atoms with Crippen molar-refractivity contribution in [2.75, 3.05) is 20.1 Å². The van der Waals surface area contributed by atoms with E-state index in [4.69, 9.17) is 16.0 Å². The Kier molecular flexibility index (Phi) is 9.42. The van der Waals surface area contributed by atoms with E-state index >= 15 is 0 Å². The summed E-state index contributed by atoms with van der Waals surface area (Å²) in [6, 6.07) is 6.93. The van der Waals surface area contributed by atoms with Crippen LogP contribution in [0.1, 0.15) is 27.7 Å². The second-order valence-electron chi connectivity index (χ2n) is 5.34. The minimum absolute atomic E-state index is 0. The topological polar surface area (TPSA) is 91.5 Å². The molecule has 0 aliphatic heterocycles. The summed E-state index contributed by atoms with van der Waals surface area (Å²) < 4.78 is 5.50. The zero-order valence-electron chi connectivity index (χ0n) is 14.9. The van der Waals surface area contributed by atoms with Gasteiger partial charge in [-0.3, -0.25) is 9.79 Å². The molecule has 0 unspecified atom stereocenters. The molecule has 7 nitrogen and oxygen atoms in total. The summed E-state index contributed by atoms with van der Waals surface area (Å²) in [7, 11) is 1.67. The number of amides is 1. The Balaban J connectivity index is 0.00000338. The number of rotatable bonds is 6. The van der Waals surface area contributed by atoms with Crippen LogP contribution in [0.25, 0.3) is 0 Å². The van der Waals surface area contributed by atoms with Crippen LogP contribution in [0.5, 0.6) is 0 Å². The van der Waals surface area contributed by atoms with Crippen molar-refractivity contribution in [1.29, 1.82) is 0 Å². The Morgan fingerprint density at radius 3 is 2.50 bits per heavy atom. The number of aromatic nitrogens is 1. The molecule has 1 aromatic heterocycles.